The summed E-state index contributed by atoms with van der Waals surface area (Å²) in [7, 11) is 1.27. The molecule has 0 bridgehead atoms. The van der Waals surface area contributed by atoms with E-state index in [4.69, 9.17) is 14.6 Å². The van der Waals surface area contributed by atoms with E-state index < -0.39 is 36.2 Å². The molecule has 0 saturated heterocycles. The highest BCUT2D eigenvalue weighted by Gasteiger charge is 2.28. The number of benzene rings is 1. The van der Waals surface area contributed by atoms with Gasteiger partial charge in [-0.05, 0) is 0 Å². The Bertz CT molecular complexity index is 1190. The molecule has 4 N–H and O–H groups in total. The molecular weight excluding hydrogens is 400 g/mol. The first-order valence-corrected chi connectivity index (χ1v) is 9.17. The number of rotatable bonds is 5. The van der Waals surface area contributed by atoms with Crippen molar-refractivity contribution in [1.82, 2.24) is 19.1 Å². The van der Waals surface area contributed by atoms with Gasteiger partial charge in [0.05, 0.1) is 24.2 Å². The number of nitrogens with zero attached hydrogens (tertiary/aromatic N) is 4. The van der Waals surface area contributed by atoms with Crippen molar-refractivity contribution in [3.8, 4) is 23.0 Å². The molecule has 0 aliphatic carbocycles. The Kier molecular flexibility index (Phi) is 5.15. The molecule has 1 aromatic rings. The first-order chi connectivity index (χ1) is 14.3. The molecule has 3 atom stereocenters. The van der Waals surface area contributed by atoms with Crippen LogP contribution >= 0.6 is 0 Å². The third-order valence-electron chi connectivity index (χ3n) is 4.97. The van der Waals surface area contributed by atoms with E-state index in [0.717, 1.165) is 4.57 Å². The molecule has 0 amide bonds. The Morgan fingerprint density at radius 2 is 1.73 bits per heavy atom. The van der Waals surface area contributed by atoms with Crippen molar-refractivity contribution in [3.63, 3.8) is 0 Å². The minimum absolute atomic E-state index is 0.1000. The van der Waals surface area contributed by atoms with Gasteiger partial charge in [0.15, 0.2) is 23.0 Å². The van der Waals surface area contributed by atoms with Crippen LogP contribution in [0.25, 0.3) is 22.6 Å². The number of ether oxygens (including phenoxy) is 2. The van der Waals surface area contributed by atoms with Gasteiger partial charge in [-0.1, -0.05) is 0 Å². The highest BCUT2D eigenvalue weighted by Crippen LogP contribution is 2.35. The lowest BCUT2D eigenvalue weighted by Gasteiger charge is -2.26. The second-order valence-electron chi connectivity index (χ2n) is 6.95. The molecule has 0 fully saturated rings. The van der Waals surface area contributed by atoms with Gasteiger partial charge in [0.1, 0.15) is 31.5 Å². The minimum atomic E-state index is -1.68. The lowest BCUT2D eigenvalue weighted by Crippen LogP contribution is -2.42. The van der Waals surface area contributed by atoms with E-state index in [9.17, 15) is 24.9 Å². The van der Waals surface area contributed by atoms with Crippen LogP contribution in [0.5, 0.6) is 11.5 Å². The number of hydrogen-bond donors (Lipinski definition) is 4. The standard InChI is InChI=1S/C18H20N4O8/c1-21-17(27)14-16(20-18(21)28)22(6-10(24)15(26)11(25)7-23)9-5-13-12(4-8(9)19-14)29-2-3-30-13/h4-5,10-11,15,23-26H,2-3,6-7H2,1H3/t10-,11+,15-/m0/s1. The van der Waals surface area contributed by atoms with Gasteiger partial charge in [-0.25, -0.2) is 9.78 Å². The summed E-state index contributed by atoms with van der Waals surface area (Å²) < 4.78 is 13.3. The van der Waals surface area contributed by atoms with Gasteiger partial charge in [-0.2, -0.15) is 4.98 Å². The first kappa shape index (κ1) is 20.2. The lowest BCUT2D eigenvalue weighted by atomic mass is 10.1. The molecule has 3 aliphatic rings. The second kappa shape index (κ2) is 7.65. The van der Waals surface area contributed by atoms with Crippen LogP contribution in [0.2, 0.25) is 0 Å². The van der Waals surface area contributed by atoms with Crippen LogP contribution in [0.15, 0.2) is 21.7 Å². The summed E-state index contributed by atoms with van der Waals surface area (Å²) in [5.41, 5.74) is -0.942. The number of aliphatic hydroxyl groups is 4. The predicted molar refractivity (Wildman–Crippen MR) is 102 cm³/mol. The smallest absolute Gasteiger partial charge is 0.352 e. The molecule has 0 spiro atoms. The number of aromatic nitrogens is 4. The summed E-state index contributed by atoms with van der Waals surface area (Å²) in [5.74, 6) is 0.728. The molecule has 3 heterocycles. The summed E-state index contributed by atoms with van der Waals surface area (Å²) in [4.78, 5) is 33.0. The Morgan fingerprint density at radius 3 is 2.40 bits per heavy atom. The zero-order valence-corrected chi connectivity index (χ0v) is 15.9. The fraction of sp³-hybridized carbons (Fsp3) is 0.444. The molecule has 1 aromatic carbocycles. The fourth-order valence-electron chi connectivity index (χ4n) is 3.30. The zero-order chi connectivity index (χ0) is 21.6. The monoisotopic (exact) mass is 420 g/mol. The Morgan fingerprint density at radius 1 is 1.07 bits per heavy atom. The third kappa shape index (κ3) is 3.29. The van der Waals surface area contributed by atoms with Gasteiger partial charge in [-0.15, -0.1) is 0 Å². The van der Waals surface area contributed by atoms with E-state index in [0.29, 0.717) is 35.7 Å². The van der Waals surface area contributed by atoms with Crippen LogP contribution in [0.1, 0.15) is 0 Å². The summed E-state index contributed by atoms with van der Waals surface area (Å²) in [6.45, 7) is -0.443. The number of aliphatic hydroxyl groups excluding tert-OH is 4. The number of fused-ring (bicyclic) bond motifs is 3. The van der Waals surface area contributed by atoms with Crippen LogP contribution < -0.4 is 20.7 Å². The van der Waals surface area contributed by atoms with Crippen molar-refractivity contribution < 1.29 is 29.9 Å². The summed E-state index contributed by atoms with van der Waals surface area (Å²) >= 11 is 0. The van der Waals surface area contributed by atoms with Crippen LogP contribution in [0, 0.1) is 0 Å². The Labute approximate surface area is 168 Å². The van der Waals surface area contributed by atoms with Crippen LogP contribution in [0.3, 0.4) is 0 Å². The van der Waals surface area contributed by atoms with E-state index in [-0.39, 0.29) is 18.1 Å². The maximum absolute atomic E-state index is 12.6. The largest absolute Gasteiger partial charge is 0.486 e. The van der Waals surface area contributed by atoms with Crippen LogP contribution in [0.4, 0.5) is 0 Å². The van der Waals surface area contributed by atoms with Crippen molar-refractivity contribution in [2.75, 3.05) is 19.8 Å². The minimum Gasteiger partial charge on any atom is -0.486 e. The molecule has 12 heteroatoms. The maximum atomic E-state index is 12.6. The topological polar surface area (TPSA) is 169 Å². The SMILES string of the molecule is Cn1c(=O)nc2n(C[C@H](O)[C@H](O)[C@H](O)CO)c3cc4c(cc3nc-2c1=O)OCCO4. The van der Waals surface area contributed by atoms with E-state index in [2.05, 4.69) is 9.97 Å². The van der Waals surface area contributed by atoms with Crippen molar-refractivity contribution in [1.29, 1.82) is 0 Å². The number of hydrogen-bond acceptors (Lipinski definition) is 10. The maximum Gasteiger partial charge on any atom is 0.352 e. The third-order valence-corrected chi connectivity index (χ3v) is 4.97. The second-order valence-corrected chi connectivity index (χ2v) is 6.95. The molecule has 0 unspecified atom stereocenters. The van der Waals surface area contributed by atoms with Crippen molar-refractivity contribution >= 4 is 11.0 Å². The van der Waals surface area contributed by atoms with E-state index in [1.807, 2.05) is 0 Å². The molecular formula is C18H20N4O8. The summed E-state index contributed by atoms with van der Waals surface area (Å²) in [5, 5.41) is 39.2. The van der Waals surface area contributed by atoms with Gasteiger partial charge >= 0.3 is 5.69 Å². The molecule has 30 heavy (non-hydrogen) atoms. The van der Waals surface area contributed by atoms with Crippen molar-refractivity contribution in [2.24, 2.45) is 7.05 Å². The molecule has 3 aliphatic heterocycles. The normalized spacial score (nSPS) is 16.6. The predicted octanol–water partition coefficient (Wildman–Crippen LogP) is -2.56. The average Bonchev–Trinajstić information content (AvgIpc) is 2.75. The molecule has 0 radical (unpaired) electrons. The first-order valence-electron chi connectivity index (χ1n) is 9.17. The van der Waals surface area contributed by atoms with E-state index in [1.165, 1.54) is 11.6 Å². The van der Waals surface area contributed by atoms with Crippen LogP contribution in [-0.4, -0.2) is 77.7 Å². The van der Waals surface area contributed by atoms with Crippen molar-refractivity contribution in [3.05, 3.63) is 33.0 Å². The fourth-order valence-corrected chi connectivity index (χ4v) is 3.30. The summed E-state index contributed by atoms with van der Waals surface area (Å²) in [6, 6.07) is 3.14. The lowest BCUT2D eigenvalue weighted by molar-refractivity contribution is -0.0802. The molecule has 4 rings (SSSR count). The van der Waals surface area contributed by atoms with E-state index in [1.54, 1.807) is 12.1 Å². The van der Waals surface area contributed by atoms with E-state index >= 15 is 0 Å². The van der Waals surface area contributed by atoms with Gasteiger partial charge in [-0.3, -0.25) is 9.36 Å². The quantitative estimate of drug-likeness (QED) is 0.322. The molecule has 0 aromatic heterocycles. The molecule has 0 saturated carbocycles. The Balaban J connectivity index is 1.98. The average molecular weight is 420 g/mol. The van der Waals surface area contributed by atoms with Gasteiger partial charge in [0, 0.05) is 19.2 Å². The highest BCUT2D eigenvalue weighted by atomic mass is 16.6. The van der Waals surface area contributed by atoms with Gasteiger partial charge < -0.3 is 34.5 Å². The van der Waals surface area contributed by atoms with Gasteiger partial charge in [0.2, 0.25) is 0 Å². The molecule has 160 valence electrons. The van der Waals surface area contributed by atoms with Crippen molar-refractivity contribution in [2.45, 2.75) is 24.9 Å². The van der Waals surface area contributed by atoms with Crippen LogP contribution in [-0.2, 0) is 13.6 Å². The zero-order valence-electron chi connectivity index (χ0n) is 15.9. The molecule has 12 nitrogen and oxygen atoms in total. The summed E-state index contributed by atoms with van der Waals surface area (Å²) in [6.07, 6.45) is -4.82. The Hall–Kier alpha value is -3.06. The van der Waals surface area contributed by atoms with Gasteiger partial charge in [0.25, 0.3) is 5.56 Å². The highest BCUT2D eigenvalue weighted by molar-refractivity contribution is 5.83.